The summed E-state index contributed by atoms with van der Waals surface area (Å²) in [6.07, 6.45) is -0.949. The van der Waals surface area contributed by atoms with Crippen LogP contribution < -0.4 is 4.74 Å². The lowest BCUT2D eigenvalue weighted by Gasteiger charge is -2.15. The van der Waals surface area contributed by atoms with Crippen LogP contribution in [-0.2, 0) is 16.0 Å². The minimum absolute atomic E-state index is 0.0725. The van der Waals surface area contributed by atoms with Crippen molar-refractivity contribution in [1.82, 2.24) is 0 Å². The van der Waals surface area contributed by atoms with E-state index in [-0.39, 0.29) is 12.3 Å². The lowest BCUT2D eigenvalue weighted by molar-refractivity contribution is -0.146. The van der Waals surface area contributed by atoms with E-state index in [4.69, 9.17) is 21.1 Å². The topological polar surface area (TPSA) is 59.3 Å². The van der Waals surface area contributed by atoms with E-state index in [1.165, 1.54) is 0 Å². The highest BCUT2D eigenvalue weighted by molar-refractivity contribution is 6.30. The van der Waals surface area contributed by atoms with Crippen LogP contribution >= 0.6 is 11.6 Å². The fourth-order valence-corrected chi connectivity index (χ4v) is 3.31. The number of rotatable bonds is 7. The molecule has 3 aromatic carbocycles. The van der Waals surface area contributed by atoms with E-state index in [1.807, 2.05) is 56.3 Å². The molecule has 4 nitrogen and oxygen atoms in total. The normalized spacial score (nSPS) is 11.6. The van der Waals surface area contributed by atoms with Crippen LogP contribution in [0, 0.1) is 11.3 Å². The number of halogens is 1. The molecule has 0 saturated carbocycles. The van der Waals surface area contributed by atoms with Crippen molar-refractivity contribution in [3.05, 3.63) is 94.5 Å². The van der Waals surface area contributed by atoms with Crippen LogP contribution in [0.15, 0.2) is 72.8 Å². The first kappa shape index (κ1) is 21.4. The summed E-state index contributed by atoms with van der Waals surface area (Å²) >= 11 is 6.09. The molecule has 0 radical (unpaired) electrons. The van der Waals surface area contributed by atoms with Gasteiger partial charge in [-0.05, 0) is 53.4 Å². The Kier molecular flexibility index (Phi) is 7.11. The molecule has 0 fully saturated rings. The van der Waals surface area contributed by atoms with Gasteiger partial charge in [-0.25, -0.2) is 0 Å². The summed E-state index contributed by atoms with van der Waals surface area (Å²) in [5, 5.41) is 10.2. The van der Waals surface area contributed by atoms with Crippen LogP contribution in [0.2, 0.25) is 5.02 Å². The zero-order chi connectivity index (χ0) is 21.5. The van der Waals surface area contributed by atoms with Gasteiger partial charge in [-0.2, -0.15) is 5.26 Å². The van der Waals surface area contributed by atoms with Gasteiger partial charge < -0.3 is 9.47 Å². The van der Waals surface area contributed by atoms with Crippen molar-refractivity contribution in [3.63, 3.8) is 0 Å². The molecule has 152 valence electrons. The predicted octanol–water partition coefficient (Wildman–Crippen LogP) is 6.61. The average Bonchev–Trinajstić information content (AvgIpc) is 2.74. The largest absolute Gasteiger partial charge is 0.457 e. The van der Waals surface area contributed by atoms with Gasteiger partial charge in [0.15, 0.2) is 0 Å². The summed E-state index contributed by atoms with van der Waals surface area (Å²) in [6.45, 7) is 4.08. The second-order valence-corrected chi connectivity index (χ2v) is 7.60. The maximum atomic E-state index is 12.6. The van der Waals surface area contributed by atoms with Crippen molar-refractivity contribution in [2.75, 3.05) is 0 Å². The molecule has 3 aromatic rings. The van der Waals surface area contributed by atoms with Crippen LogP contribution in [-0.4, -0.2) is 5.97 Å². The molecule has 1 unspecified atom stereocenters. The molecule has 1 atom stereocenters. The third-order valence-electron chi connectivity index (χ3n) is 4.57. The van der Waals surface area contributed by atoms with E-state index in [1.54, 1.807) is 30.3 Å². The summed E-state index contributed by atoms with van der Waals surface area (Å²) in [5.74, 6) is 0.990. The Hall–Kier alpha value is -3.29. The quantitative estimate of drug-likeness (QED) is 0.404. The number of hydrogen-bond acceptors (Lipinski definition) is 4. The molecule has 0 N–H and O–H groups in total. The number of carbonyl (C=O) groups is 1. The van der Waals surface area contributed by atoms with Crippen LogP contribution in [0.1, 0.15) is 42.6 Å². The summed E-state index contributed by atoms with van der Waals surface area (Å²) in [7, 11) is 0. The maximum absolute atomic E-state index is 12.6. The monoisotopic (exact) mass is 419 g/mol. The van der Waals surface area contributed by atoms with E-state index in [2.05, 4.69) is 6.07 Å². The molecule has 5 heteroatoms. The summed E-state index contributed by atoms with van der Waals surface area (Å²) < 4.78 is 11.3. The van der Waals surface area contributed by atoms with Crippen molar-refractivity contribution in [1.29, 1.82) is 5.26 Å². The lowest BCUT2D eigenvalue weighted by Crippen LogP contribution is -2.14. The van der Waals surface area contributed by atoms with Crippen molar-refractivity contribution < 1.29 is 14.3 Å². The molecule has 30 heavy (non-hydrogen) atoms. The molecule has 3 rings (SSSR count). The first-order chi connectivity index (χ1) is 14.5. The Morgan fingerprint density at radius 3 is 2.43 bits per heavy atom. The Bertz CT molecular complexity index is 1060. The maximum Gasteiger partial charge on any atom is 0.311 e. The van der Waals surface area contributed by atoms with Crippen LogP contribution in [0.25, 0.3) is 0 Å². The summed E-state index contributed by atoms with van der Waals surface area (Å²) in [6, 6.07) is 23.8. The van der Waals surface area contributed by atoms with Crippen LogP contribution in [0.5, 0.6) is 11.5 Å². The molecule has 0 aliphatic carbocycles. The van der Waals surface area contributed by atoms with Gasteiger partial charge in [-0.15, -0.1) is 0 Å². The number of carbonyl (C=O) groups excluding carboxylic acids is 1. The van der Waals surface area contributed by atoms with Crippen molar-refractivity contribution in [2.45, 2.75) is 32.3 Å². The molecule has 0 amide bonds. The summed E-state index contributed by atoms with van der Waals surface area (Å²) in [5.41, 5.74) is 2.39. The zero-order valence-electron chi connectivity index (χ0n) is 16.8. The van der Waals surface area contributed by atoms with E-state index >= 15 is 0 Å². The Morgan fingerprint density at radius 1 is 1.00 bits per heavy atom. The number of nitriles is 1. The van der Waals surface area contributed by atoms with Crippen molar-refractivity contribution >= 4 is 17.6 Å². The van der Waals surface area contributed by atoms with Crippen LogP contribution in [0.3, 0.4) is 0 Å². The highest BCUT2D eigenvalue weighted by atomic mass is 35.5. The lowest BCUT2D eigenvalue weighted by atomic mass is 9.95. The SMILES string of the molecule is CC(C)c1cc(Cl)ccc1CC(=O)OC(C#N)c1cccc(Oc2ccccc2)c1. The third kappa shape index (κ3) is 5.62. The summed E-state index contributed by atoms with van der Waals surface area (Å²) in [4.78, 5) is 12.6. The highest BCUT2D eigenvalue weighted by Gasteiger charge is 2.19. The van der Waals surface area contributed by atoms with E-state index in [9.17, 15) is 10.1 Å². The van der Waals surface area contributed by atoms with E-state index < -0.39 is 12.1 Å². The average molecular weight is 420 g/mol. The van der Waals surface area contributed by atoms with Gasteiger partial charge in [0, 0.05) is 10.6 Å². The minimum atomic E-state index is -1.02. The number of hydrogen-bond donors (Lipinski definition) is 0. The van der Waals surface area contributed by atoms with Crippen molar-refractivity contribution in [3.8, 4) is 17.6 Å². The van der Waals surface area contributed by atoms with Crippen molar-refractivity contribution in [2.24, 2.45) is 0 Å². The molecule has 0 aliphatic heterocycles. The Balaban J connectivity index is 1.72. The van der Waals surface area contributed by atoms with Gasteiger partial charge in [-0.3, -0.25) is 4.79 Å². The molecule has 0 bridgehead atoms. The molecule has 0 aliphatic rings. The number of nitrogens with zero attached hydrogens (tertiary/aromatic N) is 1. The smallest absolute Gasteiger partial charge is 0.311 e. The Labute approximate surface area is 181 Å². The van der Waals surface area contributed by atoms with Gasteiger partial charge in [0.05, 0.1) is 6.42 Å². The molecule has 0 heterocycles. The molecular weight excluding hydrogens is 398 g/mol. The Morgan fingerprint density at radius 2 is 1.73 bits per heavy atom. The number of ether oxygens (including phenoxy) is 2. The molecular formula is C25H22ClNO3. The number of para-hydroxylation sites is 1. The van der Waals surface area contributed by atoms with Crippen LogP contribution in [0.4, 0.5) is 0 Å². The van der Waals surface area contributed by atoms with Gasteiger partial charge in [0.1, 0.15) is 17.6 Å². The molecule has 0 spiro atoms. The number of benzene rings is 3. The standard InChI is InChI=1S/C25H22ClNO3/c1-17(2)23-15-20(26)12-11-18(23)14-25(28)30-24(16-27)19-7-6-10-22(13-19)29-21-8-4-3-5-9-21/h3-13,15,17,24H,14H2,1-2H3. The van der Waals surface area contributed by atoms with E-state index in [0.29, 0.717) is 22.1 Å². The minimum Gasteiger partial charge on any atom is -0.457 e. The first-order valence-electron chi connectivity index (χ1n) is 9.66. The van der Waals surface area contributed by atoms with Gasteiger partial charge >= 0.3 is 5.97 Å². The molecule has 0 saturated heterocycles. The van der Waals surface area contributed by atoms with Gasteiger partial charge in [0.2, 0.25) is 6.10 Å². The number of esters is 1. The fourth-order valence-electron chi connectivity index (χ4n) is 3.13. The second-order valence-electron chi connectivity index (χ2n) is 7.16. The van der Waals surface area contributed by atoms with Gasteiger partial charge in [0.25, 0.3) is 0 Å². The first-order valence-corrected chi connectivity index (χ1v) is 10.0. The van der Waals surface area contributed by atoms with Gasteiger partial charge in [-0.1, -0.05) is 61.8 Å². The predicted molar refractivity (Wildman–Crippen MR) is 117 cm³/mol. The zero-order valence-corrected chi connectivity index (χ0v) is 17.6. The fraction of sp³-hybridized carbons (Fsp3) is 0.200. The van der Waals surface area contributed by atoms with E-state index in [0.717, 1.165) is 11.1 Å². The second kappa shape index (κ2) is 9.96. The molecule has 0 aromatic heterocycles. The third-order valence-corrected chi connectivity index (χ3v) is 4.81. The highest BCUT2D eigenvalue weighted by Crippen LogP contribution is 2.27.